The molecule has 1 aliphatic heterocycles. The Hall–Kier alpha value is -4.14. The number of sulfone groups is 1. The highest BCUT2D eigenvalue weighted by molar-refractivity contribution is 7.91. The molecule has 14 heteroatoms. The van der Waals surface area contributed by atoms with Crippen molar-refractivity contribution in [3.05, 3.63) is 90.0 Å². The number of ether oxygens (including phenoxy) is 3. The first-order chi connectivity index (χ1) is 20.5. The molecule has 0 aromatic heterocycles. The number of aliphatic imine (C=N–C) groups is 1. The normalized spacial score (nSPS) is 16.7. The topological polar surface area (TPSA) is 136 Å². The van der Waals surface area contributed by atoms with E-state index in [2.05, 4.69) is 20.6 Å². The molecule has 1 amide bonds. The lowest BCUT2D eigenvalue weighted by atomic mass is 9.98. The molecule has 1 heterocycles. The van der Waals surface area contributed by atoms with Gasteiger partial charge in [-0.15, -0.1) is 13.2 Å². The van der Waals surface area contributed by atoms with E-state index < -0.39 is 27.6 Å². The minimum Gasteiger partial charge on any atom is -0.494 e. The lowest BCUT2D eigenvalue weighted by Crippen LogP contribution is -2.52. The molecular weight excluding hydrogens is 591 g/mol. The Morgan fingerprint density at radius 3 is 2.33 bits per heavy atom. The zero-order valence-electron chi connectivity index (χ0n) is 22.8. The summed E-state index contributed by atoms with van der Waals surface area (Å²) in [5.74, 6) is -0.700. The fraction of sp³-hybridized carbons (Fsp3) is 0.310. The van der Waals surface area contributed by atoms with Gasteiger partial charge in [0.15, 0.2) is 15.4 Å². The van der Waals surface area contributed by atoms with Gasteiger partial charge in [-0.25, -0.2) is 18.8 Å². The number of benzene rings is 3. The molecule has 0 spiro atoms. The summed E-state index contributed by atoms with van der Waals surface area (Å²) in [6, 6.07) is 19.7. The molecule has 1 atom stereocenters. The van der Waals surface area contributed by atoms with Crippen molar-refractivity contribution >= 4 is 21.6 Å². The summed E-state index contributed by atoms with van der Waals surface area (Å²) in [5.41, 5.74) is 4.74. The maximum Gasteiger partial charge on any atom is 0.573 e. The molecule has 0 unspecified atom stereocenters. The molecule has 0 fully saturated rings. The molecule has 3 N–H and O–H groups in total. The maximum atomic E-state index is 13.5. The summed E-state index contributed by atoms with van der Waals surface area (Å²) in [5, 5.41) is 8.91. The van der Waals surface area contributed by atoms with E-state index in [-0.39, 0.29) is 48.5 Å². The molecular formula is C29H30F3N3O7S. The third kappa shape index (κ3) is 8.92. The molecule has 43 heavy (non-hydrogen) atoms. The Morgan fingerprint density at radius 1 is 1.00 bits per heavy atom. The summed E-state index contributed by atoms with van der Waals surface area (Å²) in [6.45, 7) is 0.167. The Bertz CT molecular complexity index is 1500. The van der Waals surface area contributed by atoms with Gasteiger partial charge in [0.25, 0.3) is 5.91 Å². The van der Waals surface area contributed by atoms with Crippen LogP contribution >= 0.6 is 0 Å². The van der Waals surface area contributed by atoms with Crippen LogP contribution in [0.15, 0.2) is 88.8 Å². The first-order valence-electron chi connectivity index (χ1n) is 13.2. The Balaban J connectivity index is 1.48. The molecule has 0 radical (unpaired) electrons. The highest BCUT2D eigenvalue weighted by Crippen LogP contribution is 2.29. The first-order valence-corrected chi connectivity index (χ1v) is 14.9. The van der Waals surface area contributed by atoms with Crippen molar-refractivity contribution in [2.75, 3.05) is 25.6 Å². The fourth-order valence-corrected chi connectivity index (χ4v) is 5.52. The molecule has 0 saturated carbocycles. The molecule has 4 rings (SSSR count). The van der Waals surface area contributed by atoms with Gasteiger partial charge >= 0.3 is 6.36 Å². The van der Waals surface area contributed by atoms with Crippen LogP contribution in [-0.2, 0) is 25.9 Å². The van der Waals surface area contributed by atoms with E-state index in [4.69, 9.17) is 14.6 Å². The van der Waals surface area contributed by atoms with Gasteiger partial charge in [0.2, 0.25) is 5.90 Å². The van der Waals surface area contributed by atoms with Crippen molar-refractivity contribution < 1.29 is 45.7 Å². The Morgan fingerprint density at radius 2 is 1.67 bits per heavy atom. The standard InChI is InChI=1S/C29H30F3N3O7S/c30-29(31,32)42-24-11-7-21(8-12-24)19-33-35-27(37)28(15-18-43(38,39)25-5-2-1-3-6-25)20-41-26(34-28)22-9-13-23(14-10-22)40-17-4-16-36/h1-3,5-14,33,36H,4,15-20H2,(H,35,37)/t28-/m0/s1. The molecule has 3 aromatic rings. The van der Waals surface area contributed by atoms with Crippen LogP contribution in [0.2, 0.25) is 0 Å². The summed E-state index contributed by atoms with van der Waals surface area (Å²) in [4.78, 5) is 18.1. The number of amides is 1. The largest absolute Gasteiger partial charge is 0.573 e. The van der Waals surface area contributed by atoms with Gasteiger partial charge in [0.1, 0.15) is 18.1 Å². The maximum absolute atomic E-state index is 13.5. The summed E-state index contributed by atoms with van der Waals surface area (Å²) in [6.07, 6.45) is -4.52. The number of carbonyl (C=O) groups is 1. The molecule has 1 aliphatic rings. The minimum absolute atomic E-state index is 0.00489. The van der Waals surface area contributed by atoms with Crippen LogP contribution in [0.1, 0.15) is 24.0 Å². The van der Waals surface area contributed by atoms with Crippen LogP contribution in [-0.4, -0.2) is 62.8 Å². The van der Waals surface area contributed by atoms with Crippen LogP contribution in [0.4, 0.5) is 13.2 Å². The number of aliphatic hydroxyl groups is 1. The van der Waals surface area contributed by atoms with Gasteiger partial charge in [-0.05, 0) is 60.5 Å². The second-order valence-electron chi connectivity index (χ2n) is 9.57. The first kappa shape index (κ1) is 31.8. The van der Waals surface area contributed by atoms with Crippen molar-refractivity contribution in [1.29, 1.82) is 0 Å². The van der Waals surface area contributed by atoms with E-state index >= 15 is 0 Å². The van der Waals surface area contributed by atoms with Gasteiger partial charge in [-0.2, -0.15) is 0 Å². The molecule has 3 aromatic carbocycles. The third-order valence-corrected chi connectivity index (χ3v) is 8.13. The number of hydrogen-bond donors (Lipinski definition) is 3. The summed E-state index contributed by atoms with van der Waals surface area (Å²) in [7, 11) is -3.75. The molecule has 230 valence electrons. The zero-order valence-corrected chi connectivity index (χ0v) is 23.7. The van der Waals surface area contributed by atoms with Crippen molar-refractivity contribution in [1.82, 2.24) is 10.9 Å². The average molecular weight is 622 g/mol. The van der Waals surface area contributed by atoms with E-state index in [1.54, 1.807) is 42.5 Å². The summed E-state index contributed by atoms with van der Waals surface area (Å²) < 4.78 is 78.4. The average Bonchev–Trinajstić information content (AvgIpc) is 3.43. The predicted molar refractivity (Wildman–Crippen MR) is 150 cm³/mol. The quantitative estimate of drug-likeness (QED) is 0.184. The number of alkyl halides is 3. The number of carbonyl (C=O) groups excluding carboxylic acids is 1. The summed E-state index contributed by atoms with van der Waals surface area (Å²) >= 11 is 0. The minimum atomic E-state index is -4.81. The third-order valence-electron chi connectivity index (χ3n) is 6.40. The number of hydrazine groups is 1. The van der Waals surface area contributed by atoms with Gasteiger partial charge < -0.3 is 19.3 Å². The van der Waals surface area contributed by atoms with Crippen molar-refractivity contribution in [3.63, 3.8) is 0 Å². The number of rotatable bonds is 14. The van der Waals surface area contributed by atoms with Crippen LogP contribution in [0.25, 0.3) is 0 Å². The van der Waals surface area contributed by atoms with Crippen LogP contribution in [0, 0.1) is 0 Å². The SMILES string of the molecule is O=C(NNCc1ccc(OC(F)(F)F)cc1)[C@]1(CCS(=O)(=O)c2ccccc2)COC(c2ccc(OCCCO)cc2)=N1. The van der Waals surface area contributed by atoms with Crippen LogP contribution in [0.3, 0.4) is 0 Å². The molecule has 10 nitrogen and oxygen atoms in total. The predicted octanol–water partition coefficient (Wildman–Crippen LogP) is 3.55. The van der Waals surface area contributed by atoms with Gasteiger partial charge in [0.05, 0.1) is 17.3 Å². The number of aliphatic hydroxyl groups excluding tert-OH is 1. The molecule has 0 saturated heterocycles. The Labute approximate surface area is 246 Å². The van der Waals surface area contributed by atoms with Crippen molar-refractivity contribution in [2.45, 2.75) is 36.2 Å². The van der Waals surface area contributed by atoms with Crippen LogP contribution < -0.4 is 20.3 Å². The van der Waals surface area contributed by atoms with Crippen LogP contribution in [0.5, 0.6) is 11.5 Å². The zero-order chi connectivity index (χ0) is 30.9. The fourth-order valence-electron chi connectivity index (χ4n) is 4.10. The second-order valence-corrected chi connectivity index (χ2v) is 11.7. The van der Waals surface area contributed by atoms with Crippen molar-refractivity contribution in [3.8, 4) is 11.5 Å². The highest BCUT2D eigenvalue weighted by Gasteiger charge is 2.45. The van der Waals surface area contributed by atoms with Crippen molar-refractivity contribution in [2.24, 2.45) is 4.99 Å². The number of halogens is 3. The van der Waals surface area contributed by atoms with E-state index in [0.717, 1.165) is 12.1 Å². The van der Waals surface area contributed by atoms with E-state index in [1.807, 2.05) is 0 Å². The molecule has 0 bridgehead atoms. The molecule has 0 aliphatic carbocycles. The highest BCUT2D eigenvalue weighted by atomic mass is 32.2. The number of nitrogens with zero attached hydrogens (tertiary/aromatic N) is 1. The number of nitrogens with one attached hydrogen (secondary N) is 2. The van der Waals surface area contributed by atoms with Gasteiger partial charge in [-0.1, -0.05) is 30.3 Å². The Kier molecular flexibility index (Phi) is 10.3. The second kappa shape index (κ2) is 13.9. The lowest BCUT2D eigenvalue weighted by Gasteiger charge is -2.23. The van der Waals surface area contributed by atoms with Gasteiger partial charge in [-0.3, -0.25) is 10.2 Å². The number of hydrogen-bond acceptors (Lipinski definition) is 9. The van der Waals surface area contributed by atoms with E-state index in [1.165, 1.54) is 24.3 Å². The van der Waals surface area contributed by atoms with E-state index in [0.29, 0.717) is 29.9 Å². The monoisotopic (exact) mass is 621 g/mol. The lowest BCUT2D eigenvalue weighted by molar-refractivity contribution is -0.274. The smallest absolute Gasteiger partial charge is 0.494 e. The van der Waals surface area contributed by atoms with E-state index in [9.17, 15) is 26.4 Å². The van der Waals surface area contributed by atoms with Gasteiger partial charge in [0, 0.05) is 25.1 Å².